The highest BCUT2D eigenvalue weighted by Gasteiger charge is 2.08. The third-order valence-electron chi connectivity index (χ3n) is 2.57. The maximum atomic E-state index is 13.7. The Morgan fingerprint density at radius 2 is 1.94 bits per heavy atom. The zero-order valence-electron chi connectivity index (χ0n) is 9.74. The second-order valence-electron chi connectivity index (χ2n) is 4.23. The summed E-state index contributed by atoms with van der Waals surface area (Å²) in [5.74, 6) is -0.0174. The van der Waals surface area contributed by atoms with Crippen LogP contribution < -0.4 is 0 Å². The van der Waals surface area contributed by atoms with Crippen molar-refractivity contribution in [3.05, 3.63) is 52.9 Å². The van der Waals surface area contributed by atoms with Crippen LogP contribution in [0.5, 0.6) is 0 Å². The van der Waals surface area contributed by atoms with E-state index in [0.717, 1.165) is 5.69 Å². The Hall–Kier alpha value is -1.41. The lowest BCUT2D eigenvalue weighted by molar-refractivity contribution is 0.630. The van der Waals surface area contributed by atoms with Gasteiger partial charge < -0.3 is 0 Å². The molecule has 0 saturated carbocycles. The Morgan fingerprint density at radius 3 is 2.59 bits per heavy atom. The first-order valence-electron chi connectivity index (χ1n) is 5.50. The molecular weight excluding hydrogens is 237 g/mol. The molecule has 0 amide bonds. The Labute approximate surface area is 105 Å². The largest absolute Gasteiger partial charge is 0.252 e. The fourth-order valence-corrected chi connectivity index (χ4v) is 1.78. The van der Waals surface area contributed by atoms with E-state index in [9.17, 15) is 4.39 Å². The first-order chi connectivity index (χ1) is 8.08. The highest BCUT2D eigenvalue weighted by Crippen LogP contribution is 2.25. The van der Waals surface area contributed by atoms with Crippen LogP contribution in [0.3, 0.4) is 0 Å². The molecule has 1 aromatic heterocycles. The monoisotopic (exact) mass is 249 g/mol. The molecule has 0 unspecified atom stereocenters. The molecule has 1 nitrogen and oxygen atoms in total. The minimum atomic E-state index is -0.342. The van der Waals surface area contributed by atoms with E-state index in [-0.39, 0.29) is 5.82 Å². The van der Waals surface area contributed by atoms with Crippen molar-refractivity contribution < 1.29 is 4.39 Å². The fraction of sp³-hybridized carbons (Fsp3) is 0.214. The van der Waals surface area contributed by atoms with Gasteiger partial charge in [0.05, 0.1) is 5.69 Å². The molecule has 0 radical (unpaired) electrons. The van der Waals surface area contributed by atoms with E-state index in [1.165, 1.54) is 6.07 Å². The number of nitrogens with zero attached hydrogens (tertiary/aromatic N) is 1. The molecule has 1 aromatic carbocycles. The molecule has 0 fully saturated rings. The number of hydrogen-bond acceptors (Lipinski definition) is 1. The number of aromatic nitrogens is 1. The molecular formula is C14H13ClFN. The summed E-state index contributed by atoms with van der Waals surface area (Å²) in [6.45, 7) is 4.12. The van der Waals surface area contributed by atoms with Gasteiger partial charge in [-0.25, -0.2) is 4.39 Å². The minimum Gasteiger partial charge on any atom is -0.252 e. The molecule has 0 spiro atoms. The van der Waals surface area contributed by atoms with Crippen LogP contribution >= 0.6 is 11.6 Å². The molecule has 1 heterocycles. The standard InChI is InChI=1S/C14H13ClFN/c1-9(2)13-4-3-5-14(17-13)11-7-6-10(15)8-12(11)16/h3-9H,1-2H3. The molecule has 0 bridgehead atoms. The van der Waals surface area contributed by atoms with Gasteiger partial charge in [-0.3, -0.25) is 4.98 Å². The predicted octanol–water partition coefficient (Wildman–Crippen LogP) is 4.66. The highest BCUT2D eigenvalue weighted by atomic mass is 35.5. The van der Waals surface area contributed by atoms with Crippen LogP contribution in [0, 0.1) is 5.82 Å². The number of rotatable bonds is 2. The molecule has 2 aromatic rings. The molecule has 17 heavy (non-hydrogen) atoms. The van der Waals surface area contributed by atoms with Crippen molar-refractivity contribution in [2.24, 2.45) is 0 Å². The summed E-state index contributed by atoms with van der Waals surface area (Å²) in [6, 6.07) is 10.3. The summed E-state index contributed by atoms with van der Waals surface area (Å²) < 4.78 is 13.7. The summed E-state index contributed by atoms with van der Waals surface area (Å²) in [6.07, 6.45) is 0. The van der Waals surface area contributed by atoms with Gasteiger partial charge in [-0.2, -0.15) is 0 Å². The lowest BCUT2D eigenvalue weighted by Crippen LogP contribution is -1.95. The molecule has 0 aliphatic rings. The Bertz CT molecular complexity index is 537. The van der Waals surface area contributed by atoms with Crippen LogP contribution in [0.25, 0.3) is 11.3 Å². The average molecular weight is 250 g/mol. The van der Waals surface area contributed by atoms with Gasteiger partial charge in [0.15, 0.2) is 0 Å². The van der Waals surface area contributed by atoms with Crippen molar-refractivity contribution in [2.75, 3.05) is 0 Å². The van der Waals surface area contributed by atoms with Crippen LogP contribution in [0.4, 0.5) is 4.39 Å². The molecule has 3 heteroatoms. The second-order valence-corrected chi connectivity index (χ2v) is 4.66. The molecule has 88 valence electrons. The van der Waals surface area contributed by atoms with Gasteiger partial charge in [-0.05, 0) is 36.2 Å². The second kappa shape index (κ2) is 4.84. The van der Waals surface area contributed by atoms with Crippen LogP contribution in [0.2, 0.25) is 5.02 Å². The van der Waals surface area contributed by atoms with E-state index in [4.69, 9.17) is 11.6 Å². The number of benzene rings is 1. The van der Waals surface area contributed by atoms with Gasteiger partial charge in [0.1, 0.15) is 5.82 Å². The minimum absolute atomic E-state index is 0.324. The fourth-order valence-electron chi connectivity index (χ4n) is 1.62. The molecule has 2 rings (SSSR count). The molecule has 0 atom stereocenters. The summed E-state index contributed by atoms with van der Waals surface area (Å²) in [4.78, 5) is 4.45. The molecule has 0 aliphatic carbocycles. The van der Waals surface area contributed by atoms with E-state index in [2.05, 4.69) is 18.8 Å². The van der Waals surface area contributed by atoms with Crippen molar-refractivity contribution in [3.63, 3.8) is 0 Å². The number of halogens is 2. The van der Waals surface area contributed by atoms with Crippen molar-refractivity contribution in [3.8, 4) is 11.3 Å². The van der Waals surface area contributed by atoms with E-state index in [0.29, 0.717) is 22.2 Å². The quantitative estimate of drug-likeness (QED) is 0.754. The average Bonchev–Trinajstić information content (AvgIpc) is 2.29. The summed E-state index contributed by atoms with van der Waals surface area (Å²) in [7, 11) is 0. The Morgan fingerprint density at radius 1 is 1.18 bits per heavy atom. The molecule has 0 aliphatic heterocycles. The third kappa shape index (κ3) is 2.64. The van der Waals surface area contributed by atoms with Crippen LogP contribution in [-0.2, 0) is 0 Å². The zero-order valence-corrected chi connectivity index (χ0v) is 10.5. The first kappa shape index (κ1) is 12.1. The van der Waals surface area contributed by atoms with Gasteiger partial charge in [0.2, 0.25) is 0 Å². The summed E-state index contributed by atoms with van der Waals surface area (Å²) >= 11 is 5.73. The van der Waals surface area contributed by atoms with Gasteiger partial charge in [0.25, 0.3) is 0 Å². The van der Waals surface area contributed by atoms with Crippen molar-refractivity contribution in [1.29, 1.82) is 0 Å². The maximum absolute atomic E-state index is 13.7. The van der Waals surface area contributed by atoms with Crippen molar-refractivity contribution >= 4 is 11.6 Å². The van der Waals surface area contributed by atoms with Crippen LogP contribution in [0.15, 0.2) is 36.4 Å². The van der Waals surface area contributed by atoms with E-state index < -0.39 is 0 Å². The maximum Gasteiger partial charge on any atom is 0.134 e. The normalized spacial score (nSPS) is 10.9. The van der Waals surface area contributed by atoms with E-state index in [1.807, 2.05) is 12.1 Å². The Balaban J connectivity index is 2.49. The third-order valence-corrected chi connectivity index (χ3v) is 2.80. The summed E-state index contributed by atoms with van der Waals surface area (Å²) in [5, 5.41) is 0.395. The van der Waals surface area contributed by atoms with Gasteiger partial charge in [-0.15, -0.1) is 0 Å². The molecule has 0 saturated heterocycles. The molecule has 0 N–H and O–H groups in total. The zero-order chi connectivity index (χ0) is 12.4. The van der Waals surface area contributed by atoms with Gasteiger partial charge >= 0.3 is 0 Å². The van der Waals surface area contributed by atoms with Crippen LogP contribution in [-0.4, -0.2) is 4.98 Å². The van der Waals surface area contributed by atoms with Crippen molar-refractivity contribution in [1.82, 2.24) is 4.98 Å². The lowest BCUT2D eigenvalue weighted by atomic mass is 10.1. The van der Waals surface area contributed by atoms with Crippen molar-refractivity contribution in [2.45, 2.75) is 19.8 Å². The number of pyridine rings is 1. The number of hydrogen-bond donors (Lipinski definition) is 0. The predicted molar refractivity (Wildman–Crippen MR) is 68.7 cm³/mol. The highest BCUT2D eigenvalue weighted by molar-refractivity contribution is 6.30. The summed E-state index contributed by atoms with van der Waals surface area (Å²) in [5.41, 5.74) is 2.08. The first-order valence-corrected chi connectivity index (χ1v) is 5.88. The van der Waals surface area contributed by atoms with Gasteiger partial charge in [-0.1, -0.05) is 31.5 Å². The van der Waals surface area contributed by atoms with Gasteiger partial charge in [0, 0.05) is 16.3 Å². The Kier molecular flexibility index (Phi) is 3.43. The topological polar surface area (TPSA) is 12.9 Å². The smallest absolute Gasteiger partial charge is 0.134 e. The van der Waals surface area contributed by atoms with Crippen LogP contribution in [0.1, 0.15) is 25.5 Å². The van der Waals surface area contributed by atoms with E-state index >= 15 is 0 Å². The SMILES string of the molecule is CC(C)c1cccc(-c2ccc(Cl)cc2F)n1. The van der Waals surface area contributed by atoms with E-state index in [1.54, 1.807) is 18.2 Å². The lowest BCUT2D eigenvalue weighted by Gasteiger charge is -2.08.